The van der Waals surface area contributed by atoms with Gasteiger partial charge in [0.1, 0.15) is 11.4 Å². The van der Waals surface area contributed by atoms with Gasteiger partial charge in [0, 0.05) is 36.9 Å². The molecule has 1 amide bonds. The topological polar surface area (TPSA) is 74.0 Å². The smallest absolute Gasteiger partial charge is 0.274 e. The lowest BCUT2D eigenvalue weighted by Gasteiger charge is -2.44. The summed E-state index contributed by atoms with van der Waals surface area (Å²) >= 11 is 0. The van der Waals surface area contributed by atoms with E-state index < -0.39 is 0 Å². The third kappa shape index (κ3) is 4.32. The van der Waals surface area contributed by atoms with Crippen LogP contribution < -0.4 is 20.5 Å². The third-order valence-corrected chi connectivity index (χ3v) is 7.34. The number of fused-ring (bicyclic) bond motifs is 4. The minimum atomic E-state index is -0.182. The van der Waals surface area contributed by atoms with Crippen LogP contribution in [0.15, 0.2) is 41.2 Å². The Kier molecular flexibility index (Phi) is 6.02. The standard InChI is InChI=1S/C25H31N3O4/c1-31-21-4-2-17(3-5-21)13-24(29)26-22-6-7-23-19-12-18(15-28(23)25(22)30)14-27(16-19)20-8-10-32-11-9-20/h2-7,18-20H,8-16H2,1H3,(H,26,29)/p+1/t18-,19+/m0/s1. The summed E-state index contributed by atoms with van der Waals surface area (Å²) in [6.07, 6.45) is 3.66. The molecule has 170 valence electrons. The number of pyridine rings is 1. The molecule has 2 fully saturated rings. The predicted molar refractivity (Wildman–Crippen MR) is 121 cm³/mol. The second kappa shape index (κ2) is 9.08. The molecule has 0 radical (unpaired) electrons. The van der Waals surface area contributed by atoms with Gasteiger partial charge in [-0.15, -0.1) is 0 Å². The van der Waals surface area contributed by atoms with Gasteiger partial charge in [0.2, 0.25) is 5.91 Å². The number of nitrogens with zero attached hydrogens (tertiary/aromatic N) is 1. The molecule has 1 unspecified atom stereocenters. The number of aromatic nitrogens is 1. The minimum absolute atomic E-state index is 0.0743. The van der Waals surface area contributed by atoms with Crippen LogP contribution in [0.4, 0.5) is 5.69 Å². The highest BCUT2D eigenvalue weighted by atomic mass is 16.5. The average molecular weight is 439 g/mol. The van der Waals surface area contributed by atoms with Crippen molar-refractivity contribution in [2.45, 2.75) is 44.2 Å². The zero-order valence-corrected chi connectivity index (χ0v) is 18.6. The summed E-state index contributed by atoms with van der Waals surface area (Å²) in [5.74, 6) is 1.50. The zero-order chi connectivity index (χ0) is 22.1. The molecular weight excluding hydrogens is 406 g/mol. The number of methoxy groups -OCH3 is 1. The molecule has 7 nitrogen and oxygen atoms in total. The average Bonchev–Trinajstić information content (AvgIpc) is 2.82. The summed E-state index contributed by atoms with van der Waals surface area (Å²) < 4.78 is 12.6. The van der Waals surface area contributed by atoms with E-state index >= 15 is 0 Å². The number of carbonyl (C=O) groups excluding carboxylic acids is 1. The van der Waals surface area contributed by atoms with Gasteiger partial charge >= 0.3 is 0 Å². The number of amides is 1. The van der Waals surface area contributed by atoms with E-state index in [9.17, 15) is 9.59 Å². The maximum atomic E-state index is 13.2. The van der Waals surface area contributed by atoms with Crippen molar-refractivity contribution in [1.82, 2.24) is 4.57 Å². The number of ether oxygens (including phenoxy) is 2. The molecule has 32 heavy (non-hydrogen) atoms. The number of rotatable bonds is 5. The third-order valence-electron chi connectivity index (χ3n) is 7.34. The molecule has 1 aromatic carbocycles. The van der Waals surface area contributed by atoms with E-state index in [4.69, 9.17) is 9.47 Å². The second-order valence-electron chi connectivity index (χ2n) is 9.41. The summed E-state index contributed by atoms with van der Waals surface area (Å²) in [6.45, 7) is 4.71. The van der Waals surface area contributed by atoms with Gasteiger partial charge in [-0.3, -0.25) is 9.59 Å². The number of piperidine rings is 1. The van der Waals surface area contributed by atoms with E-state index in [2.05, 4.69) is 11.4 Å². The monoisotopic (exact) mass is 438 g/mol. The SMILES string of the molecule is COc1ccc(CC(=O)Nc2ccc3n(c2=O)C[C@H]2C[C@@H]3C[NH+](C3CCOCC3)C2)cc1. The number of quaternary nitrogens is 1. The fraction of sp³-hybridized carbons (Fsp3) is 0.520. The van der Waals surface area contributed by atoms with E-state index in [1.54, 1.807) is 18.1 Å². The molecule has 5 rings (SSSR count). The predicted octanol–water partition coefficient (Wildman–Crippen LogP) is 1.22. The Labute approximate surface area is 188 Å². The van der Waals surface area contributed by atoms with E-state index in [0.29, 0.717) is 23.6 Å². The maximum Gasteiger partial charge on any atom is 0.274 e. The van der Waals surface area contributed by atoms with E-state index in [1.165, 1.54) is 0 Å². The van der Waals surface area contributed by atoms with Crippen LogP contribution in [0, 0.1) is 5.92 Å². The Hall–Kier alpha value is -2.64. The Bertz CT molecular complexity index is 1030. The molecule has 2 bridgehead atoms. The largest absolute Gasteiger partial charge is 0.497 e. The number of anilines is 1. The van der Waals surface area contributed by atoms with Crippen molar-refractivity contribution >= 4 is 11.6 Å². The van der Waals surface area contributed by atoms with Crippen LogP contribution in [0.1, 0.15) is 36.4 Å². The van der Waals surface area contributed by atoms with Crippen LogP contribution >= 0.6 is 0 Å². The summed E-state index contributed by atoms with van der Waals surface area (Å²) in [5.41, 5.74) is 2.31. The molecule has 3 aliphatic rings. The van der Waals surface area contributed by atoms with Gasteiger partial charge in [0.25, 0.3) is 5.56 Å². The van der Waals surface area contributed by atoms with E-state index in [0.717, 1.165) is 69.1 Å². The van der Waals surface area contributed by atoms with Crippen molar-refractivity contribution in [3.8, 4) is 5.75 Å². The van der Waals surface area contributed by atoms with Gasteiger partial charge in [0.15, 0.2) is 0 Å². The normalized spacial score (nSPS) is 25.1. The van der Waals surface area contributed by atoms with Gasteiger partial charge in [-0.25, -0.2) is 0 Å². The Morgan fingerprint density at radius 3 is 2.69 bits per heavy atom. The number of hydrogen-bond acceptors (Lipinski definition) is 4. The molecule has 3 aliphatic heterocycles. The lowest BCUT2D eigenvalue weighted by molar-refractivity contribution is -0.937. The summed E-state index contributed by atoms with van der Waals surface area (Å²) in [7, 11) is 1.61. The second-order valence-corrected chi connectivity index (χ2v) is 9.41. The number of nitrogens with one attached hydrogen (secondary N) is 2. The number of likely N-dealkylation sites (tertiary alicyclic amines) is 1. The van der Waals surface area contributed by atoms with Gasteiger partial charge in [0.05, 0.1) is 45.9 Å². The zero-order valence-electron chi connectivity index (χ0n) is 18.6. The van der Waals surface area contributed by atoms with Gasteiger partial charge in [-0.05, 0) is 36.2 Å². The molecule has 2 saturated heterocycles. The molecule has 0 spiro atoms. The first-order valence-electron chi connectivity index (χ1n) is 11.7. The molecular formula is C25H32N3O4+. The Morgan fingerprint density at radius 2 is 1.94 bits per heavy atom. The Balaban J connectivity index is 1.29. The summed E-state index contributed by atoms with van der Waals surface area (Å²) in [5, 5.41) is 2.84. The molecule has 0 aliphatic carbocycles. The highest BCUT2D eigenvalue weighted by Gasteiger charge is 2.40. The minimum Gasteiger partial charge on any atom is -0.497 e. The Morgan fingerprint density at radius 1 is 1.16 bits per heavy atom. The quantitative estimate of drug-likeness (QED) is 0.736. The van der Waals surface area contributed by atoms with E-state index in [1.807, 2.05) is 28.8 Å². The molecule has 3 atom stereocenters. The van der Waals surface area contributed by atoms with Gasteiger partial charge in [-0.2, -0.15) is 0 Å². The van der Waals surface area contributed by atoms with Crippen LogP contribution in [0.25, 0.3) is 0 Å². The lowest BCUT2D eigenvalue weighted by Crippen LogP contribution is -3.18. The van der Waals surface area contributed by atoms with Crippen molar-refractivity contribution in [3.63, 3.8) is 0 Å². The molecule has 0 saturated carbocycles. The van der Waals surface area contributed by atoms with Crippen LogP contribution in [0.3, 0.4) is 0 Å². The van der Waals surface area contributed by atoms with Crippen LogP contribution in [-0.4, -0.2) is 49.9 Å². The fourth-order valence-corrected chi connectivity index (χ4v) is 5.76. The summed E-state index contributed by atoms with van der Waals surface area (Å²) in [6, 6.07) is 11.9. The van der Waals surface area contributed by atoms with Crippen molar-refractivity contribution in [2.24, 2.45) is 5.92 Å². The van der Waals surface area contributed by atoms with E-state index in [-0.39, 0.29) is 17.9 Å². The molecule has 4 heterocycles. The van der Waals surface area contributed by atoms with Gasteiger partial charge < -0.3 is 24.3 Å². The number of benzene rings is 1. The fourth-order valence-electron chi connectivity index (χ4n) is 5.76. The lowest BCUT2D eigenvalue weighted by atomic mass is 9.82. The number of carbonyl (C=O) groups is 1. The maximum absolute atomic E-state index is 13.2. The van der Waals surface area contributed by atoms with Crippen molar-refractivity contribution in [3.05, 3.63) is 58.0 Å². The molecule has 2 aromatic rings. The molecule has 7 heteroatoms. The summed E-state index contributed by atoms with van der Waals surface area (Å²) in [4.78, 5) is 27.5. The molecule has 1 aromatic heterocycles. The van der Waals surface area contributed by atoms with Gasteiger partial charge in [-0.1, -0.05) is 12.1 Å². The van der Waals surface area contributed by atoms with Crippen LogP contribution in [-0.2, 0) is 22.5 Å². The van der Waals surface area contributed by atoms with Crippen molar-refractivity contribution in [1.29, 1.82) is 0 Å². The van der Waals surface area contributed by atoms with Crippen LogP contribution in [0.2, 0.25) is 0 Å². The first-order valence-corrected chi connectivity index (χ1v) is 11.7. The highest BCUT2D eigenvalue weighted by molar-refractivity contribution is 5.92. The van der Waals surface area contributed by atoms with Crippen LogP contribution in [0.5, 0.6) is 5.75 Å². The van der Waals surface area contributed by atoms with Crippen molar-refractivity contribution in [2.75, 3.05) is 38.7 Å². The first kappa shape index (κ1) is 21.2. The first-order chi connectivity index (χ1) is 15.6. The number of hydrogen-bond donors (Lipinski definition) is 2. The van der Waals surface area contributed by atoms with Crippen molar-refractivity contribution < 1.29 is 19.2 Å². The molecule has 2 N–H and O–H groups in total. The highest BCUT2D eigenvalue weighted by Crippen LogP contribution is 2.31.